The second kappa shape index (κ2) is 13.6. The monoisotopic (exact) mass is 541 g/mol. The molecule has 0 fully saturated rings. The van der Waals surface area contributed by atoms with Gasteiger partial charge in [-0.3, -0.25) is 9.59 Å². The van der Waals surface area contributed by atoms with Crippen LogP contribution < -0.4 is 10.2 Å². The quantitative estimate of drug-likeness (QED) is 0.270. The molecule has 0 saturated carbocycles. The number of amides is 2. The predicted octanol–water partition coefficient (Wildman–Crippen LogP) is 6.84. The Morgan fingerprint density at radius 3 is 2.38 bits per heavy atom. The van der Waals surface area contributed by atoms with Crippen molar-refractivity contribution in [2.45, 2.75) is 52.0 Å². The number of nitrogens with one attached hydrogen (secondary N) is 1. The van der Waals surface area contributed by atoms with Crippen LogP contribution in [0.4, 0.5) is 5.69 Å². The maximum Gasteiger partial charge on any atom is 0.265 e. The molecule has 0 spiro atoms. The summed E-state index contributed by atoms with van der Waals surface area (Å²) in [6.45, 7) is 12.6. The van der Waals surface area contributed by atoms with Gasteiger partial charge in [0.25, 0.3) is 11.8 Å². The fraction of sp³-hybridized carbons (Fsp3) is 0.333. The van der Waals surface area contributed by atoms with Gasteiger partial charge in [0.2, 0.25) is 0 Å². The van der Waals surface area contributed by atoms with Crippen LogP contribution in [-0.4, -0.2) is 42.9 Å². The number of hydrogen-bond donors (Lipinski definition) is 1. The molecule has 2 amide bonds. The highest BCUT2D eigenvalue weighted by Gasteiger charge is 2.29. The zero-order chi connectivity index (χ0) is 27.8. The van der Waals surface area contributed by atoms with Crippen molar-refractivity contribution in [3.05, 3.63) is 99.5 Å². The van der Waals surface area contributed by atoms with Crippen LogP contribution >= 0.6 is 11.8 Å². The summed E-state index contributed by atoms with van der Waals surface area (Å²) in [6, 6.07) is 21.9. The average molecular weight is 542 g/mol. The fourth-order valence-corrected chi connectivity index (χ4v) is 5.90. The molecule has 0 radical (unpaired) electrons. The highest BCUT2D eigenvalue weighted by molar-refractivity contribution is 8.04. The Morgan fingerprint density at radius 2 is 1.67 bits per heavy atom. The van der Waals surface area contributed by atoms with E-state index in [-0.39, 0.29) is 11.8 Å². The molecule has 1 heterocycles. The number of hydrogen-bond acceptors (Lipinski definition) is 4. The Morgan fingerprint density at radius 1 is 0.949 bits per heavy atom. The molecular formula is C33H39N3O2S. The molecule has 0 saturated heterocycles. The maximum absolute atomic E-state index is 13.7. The van der Waals surface area contributed by atoms with E-state index in [1.54, 1.807) is 0 Å². The third kappa shape index (κ3) is 7.40. The van der Waals surface area contributed by atoms with Gasteiger partial charge in [0.1, 0.15) is 0 Å². The summed E-state index contributed by atoms with van der Waals surface area (Å²) in [6.07, 6.45) is 4.15. The summed E-state index contributed by atoms with van der Waals surface area (Å²) in [4.78, 5) is 32.4. The Kier molecular flexibility index (Phi) is 10.0. The maximum atomic E-state index is 13.7. The first-order chi connectivity index (χ1) is 18.9. The minimum Gasteiger partial charge on any atom is -0.351 e. The van der Waals surface area contributed by atoms with E-state index in [0.29, 0.717) is 23.6 Å². The predicted molar refractivity (Wildman–Crippen MR) is 163 cm³/mol. The van der Waals surface area contributed by atoms with Gasteiger partial charge in [-0.2, -0.15) is 0 Å². The molecule has 3 aromatic carbocycles. The lowest BCUT2D eigenvalue weighted by Gasteiger charge is -2.31. The van der Waals surface area contributed by atoms with Crippen molar-refractivity contribution in [3.63, 3.8) is 0 Å². The number of para-hydroxylation sites is 1. The van der Waals surface area contributed by atoms with E-state index < -0.39 is 0 Å². The van der Waals surface area contributed by atoms with Crippen LogP contribution in [0.5, 0.6) is 0 Å². The number of nitrogens with zero attached hydrogens (tertiary/aromatic N) is 2. The van der Waals surface area contributed by atoms with Crippen molar-refractivity contribution in [2.24, 2.45) is 0 Å². The summed E-state index contributed by atoms with van der Waals surface area (Å²) in [7, 11) is 0. The third-order valence-corrected chi connectivity index (χ3v) is 8.01. The Hall–Kier alpha value is -3.35. The normalized spacial score (nSPS) is 14.1. The standard InChI is InChI=1S/C33H39N3O2S/c1-5-18-35(19-6-2)20-17-34-32(37)27-15-13-26(14-16-27)22-31-33(38)36(29-9-7-8-10-30(29)39-31)23-28-21-24(3)11-12-25(28)4/h7-16,21-22H,5-6,17-20,23H2,1-4H3,(H,34,37). The molecule has 1 aliphatic rings. The Labute approximate surface area is 237 Å². The molecule has 204 valence electrons. The van der Waals surface area contributed by atoms with E-state index in [0.717, 1.165) is 54.2 Å². The van der Waals surface area contributed by atoms with Crippen LogP contribution in [0.2, 0.25) is 0 Å². The van der Waals surface area contributed by atoms with E-state index >= 15 is 0 Å². The van der Waals surface area contributed by atoms with Crippen molar-refractivity contribution in [1.29, 1.82) is 0 Å². The molecule has 0 aromatic heterocycles. The van der Waals surface area contributed by atoms with Crippen molar-refractivity contribution in [2.75, 3.05) is 31.1 Å². The summed E-state index contributed by atoms with van der Waals surface area (Å²) in [5, 5.41) is 3.04. The minimum absolute atomic E-state index is 0.00913. The van der Waals surface area contributed by atoms with E-state index in [1.165, 1.54) is 22.9 Å². The van der Waals surface area contributed by atoms with E-state index in [4.69, 9.17) is 0 Å². The summed E-state index contributed by atoms with van der Waals surface area (Å²) < 4.78 is 0. The summed E-state index contributed by atoms with van der Waals surface area (Å²) >= 11 is 1.50. The molecule has 1 aliphatic heterocycles. The molecule has 0 unspecified atom stereocenters. The lowest BCUT2D eigenvalue weighted by Crippen LogP contribution is -2.35. The van der Waals surface area contributed by atoms with Crippen LogP contribution in [0.1, 0.15) is 59.3 Å². The van der Waals surface area contributed by atoms with Crippen molar-refractivity contribution >= 4 is 35.3 Å². The van der Waals surface area contributed by atoms with Gasteiger partial charge in [-0.15, -0.1) is 0 Å². The number of benzene rings is 3. The highest BCUT2D eigenvalue weighted by Crippen LogP contribution is 2.42. The highest BCUT2D eigenvalue weighted by atomic mass is 32.2. The lowest BCUT2D eigenvalue weighted by atomic mass is 10.0. The first-order valence-electron chi connectivity index (χ1n) is 13.9. The molecule has 0 aliphatic carbocycles. The molecule has 39 heavy (non-hydrogen) atoms. The molecule has 6 heteroatoms. The van der Waals surface area contributed by atoms with Gasteiger partial charge in [0.05, 0.1) is 17.1 Å². The van der Waals surface area contributed by atoms with Crippen LogP contribution in [-0.2, 0) is 11.3 Å². The third-order valence-electron chi connectivity index (χ3n) is 6.93. The van der Waals surface area contributed by atoms with E-state index in [2.05, 4.69) is 62.2 Å². The fourth-order valence-electron chi connectivity index (χ4n) is 4.84. The minimum atomic E-state index is -0.0705. The van der Waals surface area contributed by atoms with E-state index in [1.807, 2.05) is 53.4 Å². The number of rotatable bonds is 11. The van der Waals surface area contributed by atoms with Gasteiger partial charge in [-0.1, -0.05) is 73.6 Å². The van der Waals surface area contributed by atoms with Gasteiger partial charge >= 0.3 is 0 Å². The first-order valence-corrected chi connectivity index (χ1v) is 14.7. The SMILES string of the molecule is CCCN(CCC)CCNC(=O)c1ccc(C=C2Sc3ccccc3N(Cc3cc(C)ccc3C)C2=O)cc1. The lowest BCUT2D eigenvalue weighted by molar-refractivity contribution is -0.114. The smallest absolute Gasteiger partial charge is 0.265 e. The molecule has 0 atom stereocenters. The first kappa shape index (κ1) is 28.7. The average Bonchev–Trinajstić information content (AvgIpc) is 2.93. The van der Waals surface area contributed by atoms with Gasteiger partial charge in [0, 0.05) is 23.5 Å². The summed E-state index contributed by atoms with van der Waals surface area (Å²) in [5.74, 6) is -0.0796. The number of anilines is 1. The second-order valence-corrected chi connectivity index (χ2v) is 11.2. The zero-order valence-corrected chi connectivity index (χ0v) is 24.3. The number of carbonyl (C=O) groups is 2. The largest absolute Gasteiger partial charge is 0.351 e. The topological polar surface area (TPSA) is 52.7 Å². The van der Waals surface area contributed by atoms with Crippen LogP contribution in [0.3, 0.4) is 0 Å². The summed E-state index contributed by atoms with van der Waals surface area (Å²) in [5.41, 5.74) is 5.96. The van der Waals surface area contributed by atoms with Crippen LogP contribution in [0.15, 0.2) is 76.5 Å². The zero-order valence-electron chi connectivity index (χ0n) is 23.5. The Bertz CT molecular complexity index is 1330. The molecule has 1 N–H and O–H groups in total. The van der Waals surface area contributed by atoms with Gasteiger partial charge < -0.3 is 15.1 Å². The number of aryl methyl sites for hydroxylation is 2. The molecule has 0 bridgehead atoms. The van der Waals surface area contributed by atoms with Crippen molar-refractivity contribution < 1.29 is 9.59 Å². The second-order valence-electron chi connectivity index (χ2n) is 10.1. The van der Waals surface area contributed by atoms with Gasteiger partial charge in [0.15, 0.2) is 0 Å². The molecular weight excluding hydrogens is 502 g/mol. The molecule has 5 nitrogen and oxygen atoms in total. The molecule has 4 rings (SSSR count). The molecule has 3 aromatic rings. The number of thioether (sulfide) groups is 1. The van der Waals surface area contributed by atoms with Crippen LogP contribution in [0, 0.1) is 13.8 Å². The van der Waals surface area contributed by atoms with Crippen LogP contribution in [0.25, 0.3) is 6.08 Å². The van der Waals surface area contributed by atoms with E-state index in [9.17, 15) is 9.59 Å². The number of fused-ring (bicyclic) bond motifs is 1. The van der Waals surface area contributed by atoms with Crippen molar-refractivity contribution in [1.82, 2.24) is 10.2 Å². The number of carbonyl (C=O) groups excluding carboxylic acids is 2. The van der Waals surface area contributed by atoms with Crippen molar-refractivity contribution in [3.8, 4) is 0 Å². The van der Waals surface area contributed by atoms with Gasteiger partial charge in [-0.05, 0) is 86.8 Å². The Balaban J connectivity index is 1.48. The van der Waals surface area contributed by atoms with Gasteiger partial charge in [-0.25, -0.2) is 0 Å².